The van der Waals surface area contributed by atoms with E-state index in [4.69, 9.17) is 26.1 Å². The van der Waals surface area contributed by atoms with Gasteiger partial charge in [0.2, 0.25) is 10.0 Å². The number of anilines is 1. The Bertz CT molecular complexity index is 1620. The number of carbonyl (C=O) groups is 1. The summed E-state index contributed by atoms with van der Waals surface area (Å²) in [6, 6.07) is 13.7. The van der Waals surface area contributed by atoms with Crippen LogP contribution in [0.15, 0.2) is 54.7 Å². The molecule has 0 spiro atoms. The monoisotopic (exact) mass is 670 g/mol. The summed E-state index contributed by atoms with van der Waals surface area (Å²) in [5, 5.41) is 0.557. The molecule has 2 aromatic carbocycles. The molecule has 3 aromatic rings. The molecule has 0 saturated carbocycles. The van der Waals surface area contributed by atoms with Crippen LogP contribution in [0.25, 0.3) is 0 Å². The predicted octanol–water partition coefficient (Wildman–Crippen LogP) is 5.54. The van der Waals surface area contributed by atoms with E-state index >= 15 is 0 Å². The van der Waals surface area contributed by atoms with Crippen LogP contribution >= 0.6 is 11.6 Å². The summed E-state index contributed by atoms with van der Waals surface area (Å²) < 4.78 is 41.0. The van der Waals surface area contributed by atoms with Crippen LogP contribution in [0.4, 0.5) is 10.6 Å². The van der Waals surface area contributed by atoms with Gasteiger partial charge in [-0.15, -0.1) is 0 Å². The second-order valence-corrected chi connectivity index (χ2v) is 15.0. The number of ether oxygens (including phenoxy) is 2. The van der Waals surface area contributed by atoms with Gasteiger partial charge < -0.3 is 19.3 Å². The van der Waals surface area contributed by atoms with Crippen molar-refractivity contribution in [2.24, 2.45) is 0 Å². The first-order chi connectivity index (χ1) is 21.8. The number of fused-ring (bicyclic) bond motifs is 1. The lowest BCUT2D eigenvalue weighted by Crippen LogP contribution is -2.50. The summed E-state index contributed by atoms with van der Waals surface area (Å²) in [4.78, 5) is 27.9. The number of hydrogen-bond acceptors (Lipinski definition) is 9. The molecule has 0 bridgehead atoms. The van der Waals surface area contributed by atoms with E-state index in [-0.39, 0.29) is 11.8 Å². The molecule has 1 unspecified atom stereocenters. The van der Waals surface area contributed by atoms with Gasteiger partial charge >= 0.3 is 6.09 Å². The molecule has 5 rings (SSSR count). The Morgan fingerprint density at radius 3 is 2.46 bits per heavy atom. The first kappa shape index (κ1) is 33.9. The first-order valence-electron chi connectivity index (χ1n) is 15.6. The van der Waals surface area contributed by atoms with Crippen LogP contribution < -0.4 is 14.4 Å². The molecule has 248 valence electrons. The summed E-state index contributed by atoms with van der Waals surface area (Å²) in [6.45, 7) is 12.7. The maximum Gasteiger partial charge on any atom is 0.410 e. The van der Waals surface area contributed by atoms with Crippen LogP contribution in [0.1, 0.15) is 56.6 Å². The number of benzene rings is 2. The van der Waals surface area contributed by atoms with Crippen molar-refractivity contribution in [2.45, 2.75) is 57.9 Å². The maximum absolute atomic E-state index is 13.4. The number of rotatable bonds is 10. The fourth-order valence-corrected chi connectivity index (χ4v) is 7.22. The van der Waals surface area contributed by atoms with Crippen molar-refractivity contribution in [1.82, 2.24) is 24.5 Å². The third-order valence-corrected chi connectivity index (χ3v) is 9.41. The van der Waals surface area contributed by atoms with Crippen molar-refractivity contribution in [3.63, 3.8) is 0 Å². The Morgan fingerprint density at radius 1 is 1.02 bits per heavy atom. The second kappa shape index (κ2) is 14.5. The van der Waals surface area contributed by atoms with E-state index < -0.39 is 21.7 Å². The van der Waals surface area contributed by atoms with Crippen LogP contribution in [0.2, 0.25) is 5.02 Å². The SMILES string of the molecule is Cc1ncc2c(n1)N(CCCN1CCN(C(=O)OC(C)(C)C)CC1)CCC2NS(=O)(=O)Cc1cccc(Oc2cccc(Cl)c2)c1. The van der Waals surface area contributed by atoms with E-state index in [0.717, 1.165) is 44.0 Å². The fourth-order valence-electron chi connectivity index (χ4n) is 5.66. The number of halogens is 1. The number of nitrogens with zero attached hydrogens (tertiary/aromatic N) is 5. The van der Waals surface area contributed by atoms with E-state index in [1.165, 1.54) is 0 Å². The molecule has 46 heavy (non-hydrogen) atoms. The van der Waals surface area contributed by atoms with E-state index in [2.05, 4.69) is 19.5 Å². The molecule has 2 aliphatic rings. The highest BCUT2D eigenvalue weighted by Gasteiger charge is 2.31. The van der Waals surface area contributed by atoms with Crippen LogP contribution in [0.3, 0.4) is 0 Å². The number of aromatic nitrogens is 2. The highest BCUT2D eigenvalue weighted by atomic mass is 35.5. The number of amides is 1. The Kier molecular flexibility index (Phi) is 10.7. The highest BCUT2D eigenvalue weighted by Crippen LogP contribution is 2.33. The number of nitrogens with one attached hydrogen (secondary N) is 1. The van der Waals surface area contributed by atoms with Gasteiger partial charge in [-0.05, 0) is 83.0 Å². The van der Waals surface area contributed by atoms with Gasteiger partial charge in [-0.3, -0.25) is 4.90 Å². The summed E-state index contributed by atoms with van der Waals surface area (Å²) in [6.07, 6.45) is 3.00. The van der Waals surface area contributed by atoms with Gasteiger partial charge in [-0.2, -0.15) is 0 Å². The van der Waals surface area contributed by atoms with Gasteiger partial charge in [-0.1, -0.05) is 29.8 Å². The van der Waals surface area contributed by atoms with Crippen LogP contribution in [0, 0.1) is 6.92 Å². The molecule has 3 heterocycles. The normalized spacial score (nSPS) is 17.5. The van der Waals surface area contributed by atoms with Crippen molar-refractivity contribution < 1.29 is 22.7 Å². The zero-order chi connectivity index (χ0) is 32.9. The molecular formula is C33H43ClN6O5S. The summed E-state index contributed by atoms with van der Waals surface area (Å²) in [7, 11) is -3.70. The van der Waals surface area contributed by atoms with Crippen molar-refractivity contribution in [1.29, 1.82) is 0 Å². The molecule has 1 aromatic heterocycles. The standard InChI is InChI=1S/C33H43ClN6O5S/c1-24-35-22-29-30(37-46(42,43)23-25-8-5-10-27(20-25)44-28-11-6-9-26(34)21-28)12-15-39(31(29)36-24)14-7-13-38-16-18-40(19-17-38)32(41)45-33(2,3)4/h5-6,8-11,20-22,30,37H,7,12-19,23H2,1-4H3. The van der Waals surface area contributed by atoms with Gasteiger partial charge in [0.05, 0.1) is 11.8 Å². The molecule has 1 saturated heterocycles. The number of sulfonamides is 1. The quantitative estimate of drug-likeness (QED) is 0.297. The Balaban J connectivity index is 1.15. The largest absolute Gasteiger partial charge is 0.457 e. The second-order valence-electron chi connectivity index (χ2n) is 12.8. The summed E-state index contributed by atoms with van der Waals surface area (Å²) in [5.41, 5.74) is 0.890. The van der Waals surface area contributed by atoms with Gasteiger partial charge in [0, 0.05) is 56.1 Å². The molecule has 1 N–H and O–H groups in total. The van der Waals surface area contributed by atoms with Crippen molar-refractivity contribution in [2.75, 3.05) is 50.7 Å². The first-order valence-corrected chi connectivity index (χ1v) is 17.7. The Labute approximate surface area is 276 Å². The summed E-state index contributed by atoms with van der Waals surface area (Å²) in [5.74, 6) is 2.33. The molecule has 1 amide bonds. The zero-order valence-electron chi connectivity index (χ0n) is 26.9. The van der Waals surface area contributed by atoms with Crippen LogP contribution in [-0.4, -0.2) is 85.7 Å². The van der Waals surface area contributed by atoms with Gasteiger partial charge in [0.15, 0.2) is 0 Å². The predicted molar refractivity (Wildman–Crippen MR) is 179 cm³/mol. The molecular weight excluding hydrogens is 628 g/mol. The smallest absolute Gasteiger partial charge is 0.410 e. The Hall–Kier alpha value is -3.45. The lowest BCUT2D eigenvalue weighted by atomic mass is 10.0. The number of aryl methyl sites for hydroxylation is 1. The van der Waals surface area contributed by atoms with Gasteiger partial charge in [-0.25, -0.2) is 27.9 Å². The number of hydrogen-bond donors (Lipinski definition) is 1. The number of piperazine rings is 1. The summed E-state index contributed by atoms with van der Waals surface area (Å²) >= 11 is 6.06. The average molecular weight is 671 g/mol. The van der Waals surface area contributed by atoms with E-state index in [1.54, 1.807) is 59.6 Å². The van der Waals surface area contributed by atoms with Crippen LogP contribution in [-0.2, 0) is 20.5 Å². The zero-order valence-corrected chi connectivity index (χ0v) is 28.5. The fraction of sp³-hybridized carbons (Fsp3) is 0.485. The van der Waals surface area contributed by atoms with E-state index in [9.17, 15) is 13.2 Å². The molecule has 1 fully saturated rings. The third-order valence-electron chi connectivity index (χ3n) is 7.81. The number of carbonyl (C=O) groups excluding carboxylic acids is 1. The minimum absolute atomic E-state index is 0.191. The lowest BCUT2D eigenvalue weighted by Gasteiger charge is -2.37. The minimum Gasteiger partial charge on any atom is -0.457 e. The van der Waals surface area contributed by atoms with Crippen molar-refractivity contribution in [3.8, 4) is 11.5 Å². The minimum atomic E-state index is -3.70. The molecule has 13 heteroatoms. The van der Waals surface area contributed by atoms with Gasteiger partial charge in [0.1, 0.15) is 28.7 Å². The highest BCUT2D eigenvalue weighted by molar-refractivity contribution is 7.88. The molecule has 0 aliphatic carbocycles. The van der Waals surface area contributed by atoms with E-state index in [0.29, 0.717) is 54.0 Å². The van der Waals surface area contributed by atoms with Crippen molar-refractivity contribution >= 4 is 33.5 Å². The molecule has 2 aliphatic heterocycles. The Morgan fingerprint density at radius 2 is 1.74 bits per heavy atom. The molecule has 11 nitrogen and oxygen atoms in total. The third kappa shape index (κ3) is 9.54. The molecule has 0 radical (unpaired) electrons. The van der Waals surface area contributed by atoms with Crippen LogP contribution in [0.5, 0.6) is 11.5 Å². The average Bonchev–Trinajstić information content (AvgIpc) is 2.97. The van der Waals surface area contributed by atoms with Gasteiger partial charge in [0.25, 0.3) is 0 Å². The van der Waals surface area contributed by atoms with Crippen molar-refractivity contribution in [3.05, 3.63) is 76.7 Å². The maximum atomic E-state index is 13.4. The topological polar surface area (TPSA) is 117 Å². The molecule has 1 atom stereocenters. The van der Waals surface area contributed by atoms with E-state index in [1.807, 2.05) is 27.7 Å². The lowest BCUT2D eigenvalue weighted by molar-refractivity contribution is 0.0145.